The molecule has 0 aliphatic carbocycles. The minimum atomic E-state index is -0.0960. The number of carbonyl (C=O) groups is 1. The van der Waals surface area contributed by atoms with Crippen molar-refractivity contribution in [3.63, 3.8) is 0 Å². The standard InChI is InChI=1S/C14H10ClN3OS/c15-10-1-2-11-12(8-10)20-14(17-11)18-13(19)7-9-3-5-16-6-4-9/h1-6,8H,7H2,(H,17,18,19). The molecule has 3 rings (SSSR count). The number of thiazole rings is 1. The summed E-state index contributed by atoms with van der Waals surface area (Å²) >= 11 is 7.34. The van der Waals surface area contributed by atoms with Crippen LogP contribution in [-0.2, 0) is 11.2 Å². The molecule has 2 aromatic heterocycles. The Morgan fingerprint density at radius 1 is 1.25 bits per heavy atom. The number of anilines is 1. The van der Waals surface area contributed by atoms with E-state index in [1.807, 2.05) is 24.3 Å². The summed E-state index contributed by atoms with van der Waals surface area (Å²) in [4.78, 5) is 20.2. The summed E-state index contributed by atoms with van der Waals surface area (Å²) in [6.07, 6.45) is 3.64. The molecule has 1 amide bonds. The van der Waals surface area contributed by atoms with Crippen molar-refractivity contribution in [3.05, 3.63) is 53.3 Å². The van der Waals surface area contributed by atoms with Gasteiger partial charge in [-0.1, -0.05) is 22.9 Å². The zero-order chi connectivity index (χ0) is 13.9. The third kappa shape index (κ3) is 2.95. The average molecular weight is 304 g/mol. The lowest BCUT2D eigenvalue weighted by molar-refractivity contribution is -0.115. The van der Waals surface area contributed by atoms with Crippen LogP contribution in [0.15, 0.2) is 42.7 Å². The molecular weight excluding hydrogens is 294 g/mol. The highest BCUT2D eigenvalue weighted by atomic mass is 35.5. The maximum atomic E-state index is 11.9. The molecule has 100 valence electrons. The van der Waals surface area contributed by atoms with E-state index in [1.54, 1.807) is 18.5 Å². The SMILES string of the molecule is O=C(Cc1ccncc1)Nc1nc2ccc(Cl)cc2s1. The van der Waals surface area contributed by atoms with E-state index in [0.717, 1.165) is 15.8 Å². The first-order valence-electron chi connectivity index (χ1n) is 5.95. The molecule has 3 aromatic rings. The molecule has 0 aliphatic rings. The van der Waals surface area contributed by atoms with Crippen molar-refractivity contribution in [1.82, 2.24) is 9.97 Å². The molecule has 0 atom stereocenters. The topological polar surface area (TPSA) is 54.9 Å². The summed E-state index contributed by atoms with van der Waals surface area (Å²) in [5, 5.41) is 4.05. The van der Waals surface area contributed by atoms with Crippen molar-refractivity contribution in [3.8, 4) is 0 Å². The van der Waals surface area contributed by atoms with Crippen LogP contribution >= 0.6 is 22.9 Å². The number of amides is 1. The lowest BCUT2D eigenvalue weighted by Crippen LogP contribution is -2.14. The summed E-state index contributed by atoms with van der Waals surface area (Å²) in [5.74, 6) is -0.0960. The lowest BCUT2D eigenvalue weighted by atomic mass is 10.2. The van der Waals surface area contributed by atoms with Crippen molar-refractivity contribution >= 4 is 44.2 Å². The van der Waals surface area contributed by atoms with Crippen molar-refractivity contribution in [2.24, 2.45) is 0 Å². The van der Waals surface area contributed by atoms with Crippen LogP contribution in [0.3, 0.4) is 0 Å². The van der Waals surface area contributed by atoms with Crippen LogP contribution < -0.4 is 5.32 Å². The van der Waals surface area contributed by atoms with Gasteiger partial charge in [0.15, 0.2) is 5.13 Å². The molecule has 0 aliphatic heterocycles. The molecule has 1 N–H and O–H groups in total. The zero-order valence-electron chi connectivity index (χ0n) is 10.3. The first-order valence-corrected chi connectivity index (χ1v) is 7.15. The number of fused-ring (bicyclic) bond motifs is 1. The number of hydrogen-bond acceptors (Lipinski definition) is 4. The Morgan fingerprint density at radius 3 is 2.85 bits per heavy atom. The van der Waals surface area contributed by atoms with Gasteiger partial charge in [0.25, 0.3) is 0 Å². The van der Waals surface area contributed by atoms with Crippen LogP contribution in [0.4, 0.5) is 5.13 Å². The van der Waals surface area contributed by atoms with Crippen molar-refractivity contribution in [2.75, 3.05) is 5.32 Å². The van der Waals surface area contributed by atoms with E-state index in [1.165, 1.54) is 11.3 Å². The summed E-state index contributed by atoms with van der Waals surface area (Å²) in [6, 6.07) is 9.10. The first kappa shape index (κ1) is 13.0. The van der Waals surface area contributed by atoms with E-state index in [4.69, 9.17) is 11.6 Å². The number of hydrogen-bond donors (Lipinski definition) is 1. The molecular formula is C14H10ClN3OS. The van der Waals surface area contributed by atoms with Gasteiger partial charge in [0, 0.05) is 17.4 Å². The van der Waals surface area contributed by atoms with Crippen molar-refractivity contribution in [1.29, 1.82) is 0 Å². The first-order chi connectivity index (χ1) is 9.70. The minimum Gasteiger partial charge on any atom is -0.302 e. The zero-order valence-corrected chi connectivity index (χ0v) is 11.9. The fourth-order valence-corrected chi connectivity index (χ4v) is 2.96. The van der Waals surface area contributed by atoms with Crippen LogP contribution in [0.25, 0.3) is 10.2 Å². The van der Waals surface area contributed by atoms with Gasteiger partial charge in [-0.05, 0) is 35.9 Å². The van der Waals surface area contributed by atoms with E-state index >= 15 is 0 Å². The number of benzene rings is 1. The summed E-state index contributed by atoms with van der Waals surface area (Å²) < 4.78 is 0.955. The van der Waals surface area contributed by atoms with Crippen molar-refractivity contribution < 1.29 is 4.79 Å². The molecule has 1 aromatic carbocycles. The maximum absolute atomic E-state index is 11.9. The second-order valence-electron chi connectivity index (χ2n) is 4.21. The Bertz CT molecular complexity index is 757. The lowest BCUT2D eigenvalue weighted by Gasteiger charge is -2.00. The van der Waals surface area contributed by atoms with Crippen molar-refractivity contribution in [2.45, 2.75) is 6.42 Å². The van der Waals surface area contributed by atoms with Gasteiger partial charge in [-0.2, -0.15) is 0 Å². The fraction of sp³-hybridized carbons (Fsp3) is 0.0714. The Balaban J connectivity index is 1.74. The highest BCUT2D eigenvalue weighted by molar-refractivity contribution is 7.22. The molecule has 6 heteroatoms. The van der Waals surface area contributed by atoms with Crippen LogP contribution in [0.2, 0.25) is 5.02 Å². The van der Waals surface area contributed by atoms with Gasteiger partial charge in [-0.15, -0.1) is 0 Å². The molecule has 0 fully saturated rings. The minimum absolute atomic E-state index is 0.0960. The highest BCUT2D eigenvalue weighted by Gasteiger charge is 2.08. The number of nitrogens with zero attached hydrogens (tertiary/aromatic N) is 2. The number of carbonyl (C=O) groups excluding carboxylic acids is 1. The molecule has 0 bridgehead atoms. The molecule has 0 unspecified atom stereocenters. The molecule has 0 radical (unpaired) electrons. The molecule has 2 heterocycles. The van der Waals surface area contributed by atoms with E-state index in [9.17, 15) is 4.79 Å². The quantitative estimate of drug-likeness (QED) is 0.805. The molecule has 4 nitrogen and oxygen atoms in total. The summed E-state index contributed by atoms with van der Waals surface area (Å²) in [5.41, 5.74) is 1.75. The van der Waals surface area contributed by atoms with Gasteiger partial charge in [0.2, 0.25) is 5.91 Å². The van der Waals surface area contributed by atoms with E-state index in [2.05, 4.69) is 15.3 Å². The second-order valence-corrected chi connectivity index (χ2v) is 5.68. The second kappa shape index (κ2) is 5.56. The predicted molar refractivity (Wildman–Crippen MR) is 81.2 cm³/mol. The summed E-state index contributed by atoms with van der Waals surface area (Å²) in [6.45, 7) is 0. The third-order valence-electron chi connectivity index (χ3n) is 2.71. The monoisotopic (exact) mass is 303 g/mol. The fourth-order valence-electron chi connectivity index (χ4n) is 1.80. The smallest absolute Gasteiger partial charge is 0.230 e. The molecule has 0 saturated heterocycles. The normalized spacial score (nSPS) is 10.7. The Hall–Kier alpha value is -1.98. The van der Waals surface area contributed by atoms with Gasteiger partial charge in [0.1, 0.15) is 0 Å². The van der Waals surface area contributed by atoms with Gasteiger partial charge in [0.05, 0.1) is 16.6 Å². The largest absolute Gasteiger partial charge is 0.302 e. The number of rotatable bonds is 3. The van der Waals surface area contributed by atoms with Crippen LogP contribution in [0.1, 0.15) is 5.56 Å². The Labute approximate surface area is 124 Å². The van der Waals surface area contributed by atoms with E-state index in [-0.39, 0.29) is 5.91 Å². The Kier molecular flexibility index (Phi) is 3.62. The molecule has 20 heavy (non-hydrogen) atoms. The molecule has 0 spiro atoms. The van der Waals surface area contributed by atoms with Crippen LogP contribution in [-0.4, -0.2) is 15.9 Å². The highest BCUT2D eigenvalue weighted by Crippen LogP contribution is 2.28. The molecule has 0 saturated carbocycles. The van der Waals surface area contributed by atoms with Gasteiger partial charge < -0.3 is 5.32 Å². The van der Waals surface area contributed by atoms with Gasteiger partial charge >= 0.3 is 0 Å². The average Bonchev–Trinajstić information content (AvgIpc) is 2.80. The summed E-state index contributed by atoms with van der Waals surface area (Å²) in [7, 11) is 0. The third-order valence-corrected chi connectivity index (χ3v) is 3.88. The predicted octanol–water partition coefficient (Wildman–Crippen LogP) is 3.53. The van der Waals surface area contributed by atoms with E-state index < -0.39 is 0 Å². The number of aromatic nitrogens is 2. The van der Waals surface area contributed by atoms with Crippen LogP contribution in [0.5, 0.6) is 0 Å². The van der Waals surface area contributed by atoms with Gasteiger partial charge in [-0.25, -0.2) is 4.98 Å². The van der Waals surface area contributed by atoms with Gasteiger partial charge in [-0.3, -0.25) is 9.78 Å². The maximum Gasteiger partial charge on any atom is 0.230 e. The Morgan fingerprint density at radius 2 is 2.05 bits per heavy atom. The van der Waals surface area contributed by atoms with Crippen LogP contribution in [0, 0.1) is 0 Å². The number of pyridine rings is 1. The number of nitrogens with one attached hydrogen (secondary N) is 1. The number of halogens is 1. The van der Waals surface area contributed by atoms with E-state index in [0.29, 0.717) is 16.6 Å².